The number of carbonyl (C=O) groups excluding carboxylic acids is 1. The van der Waals surface area contributed by atoms with Gasteiger partial charge >= 0.3 is 5.97 Å². The molecule has 0 saturated carbocycles. The zero-order valence-electron chi connectivity index (χ0n) is 17.9. The van der Waals surface area contributed by atoms with Gasteiger partial charge in [-0.25, -0.2) is 13.2 Å². The van der Waals surface area contributed by atoms with Crippen LogP contribution in [0.3, 0.4) is 0 Å². The minimum Gasteiger partial charge on any atom is -0.480 e. The lowest BCUT2D eigenvalue weighted by Crippen LogP contribution is -2.46. The van der Waals surface area contributed by atoms with Crippen molar-refractivity contribution in [1.29, 1.82) is 0 Å². The average Bonchev–Trinajstić information content (AvgIpc) is 3.47. The Balaban J connectivity index is 1.71. The molecule has 10 nitrogen and oxygen atoms in total. The van der Waals surface area contributed by atoms with E-state index in [2.05, 4.69) is 15.4 Å². The van der Waals surface area contributed by atoms with Crippen molar-refractivity contribution in [2.45, 2.75) is 30.1 Å². The van der Waals surface area contributed by atoms with E-state index in [4.69, 9.17) is 11.5 Å². The first kappa shape index (κ1) is 25.8. The van der Waals surface area contributed by atoms with Gasteiger partial charge in [-0.05, 0) is 60.0 Å². The topological polar surface area (TPSA) is 177 Å². The largest absolute Gasteiger partial charge is 0.480 e. The van der Waals surface area contributed by atoms with Crippen molar-refractivity contribution in [3.63, 3.8) is 0 Å². The molecule has 1 aromatic carbocycles. The number of hydrogen-bond acceptors (Lipinski definition) is 9. The maximum Gasteiger partial charge on any atom is 0.326 e. The molecule has 0 unspecified atom stereocenters. The third-order valence-electron chi connectivity index (χ3n) is 4.72. The molecule has 0 aliphatic carbocycles. The quantitative estimate of drug-likeness (QED) is 0.154. The van der Waals surface area contributed by atoms with Crippen LogP contribution in [-0.4, -0.2) is 44.3 Å². The van der Waals surface area contributed by atoms with Gasteiger partial charge in [-0.2, -0.15) is 0 Å². The zero-order valence-corrected chi connectivity index (χ0v) is 20.4. The normalized spacial score (nSPS) is 12.4. The lowest BCUT2D eigenvalue weighted by Gasteiger charge is -2.16. The molecule has 0 fully saturated rings. The molecule has 13 heteroatoms. The van der Waals surface area contributed by atoms with Gasteiger partial charge < -0.3 is 21.9 Å². The fourth-order valence-electron chi connectivity index (χ4n) is 3.08. The molecule has 0 aliphatic rings. The number of nitrogens with one attached hydrogen (secondary N) is 3. The first-order valence-corrected chi connectivity index (χ1v) is 13.4. The summed E-state index contributed by atoms with van der Waals surface area (Å²) in [5.41, 5.74) is 11.6. The lowest BCUT2D eigenvalue weighted by molar-refractivity contribution is -0.139. The van der Waals surface area contributed by atoms with Crippen LogP contribution in [0.2, 0.25) is 0 Å². The molecular formula is C21H25N5O5S3. The Labute approximate surface area is 205 Å². The monoisotopic (exact) mass is 523 g/mol. The standard InChI is InChI=1S/C21H25N5O5S3/c22-21(23)24-9-2-6-16(20(28)29)25-19(27)18-15(8-11-33-18)26-34(30,31)14-5-1-4-13(12-14)17-7-3-10-32-17/h1,3-5,7-8,10-12,16,21,24,26H,2,6,9,22-23H2,(H,25,27)(H,28,29)/t16-/m0/s1. The van der Waals surface area contributed by atoms with Crippen molar-refractivity contribution in [3.8, 4) is 10.4 Å². The maximum atomic E-state index is 13.0. The highest BCUT2D eigenvalue weighted by molar-refractivity contribution is 7.92. The molecule has 182 valence electrons. The van der Waals surface area contributed by atoms with Gasteiger partial charge in [0.25, 0.3) is 15.9 Å². The number of hydrogen-bond donors (Lipinski definition) is 6. The summed E-state index contributed by atoms with van der Waals surface area (Å²) in [6.07, 6.45) is -0.166. The van der Waals surface area contributed by atoms with E-state index in [1.807, 2.05) is 23.6 Å². The van der Waals surface area contributed by atoms with Crippen molar-refractivity contribution in [2.75, 3.05) is 11.3 Å². The minimum absolute atomic E-state index is 0.0463. The van der Waals surface area contributed by atoms with E-state index in [-0.39, 0.29) is 21.9 Å². The molecule has 2 heterocycles. The molecule has 0 bridgehead atoms. The number of carboxylic acids is 1. The molecule has 8 N–H and O–H groups in total. The Kier molecular flexibility index (Phi) is 8.77. The lowest BCUT2D eigenvalue weighted by atomic mass is 10.1. The number of aliphatic carboxylic acids is 1. The molecule has 1 amide bonds. The van der Waals surface area contributed by atoms with Crippen LogP contribution in [0.5, 0.6) is 0 Å². The number of amides is 1. The molecule has 0 saturated heterocycles. The third kappa shape index (κ3) is 6.85. The van der Waals surface area contributed by atoms with E-state index in [0.29, 0.717) is 13.0 Å². The number of thiophene rings is 2. The fourth-order valence-corrected chi connectivity index (χ4v) is 5.74. The first-order chi connectivity index (χ1) is 16.2. The molecule has 3 rings (SSSR count). The van der Waals surface area contributed by atoms with Crippen molar-refractivity contribution in [1.82, 2.24) is 10.6 Å². The summed E-state index contributed by atoms with van der Waals surface area (Å²) in [6.45, 7) is 0.381. The van der Waals surface area contributed by atoms with E-state index in [9.17, 15) is 23.1 Å². The molecule has 0 spiro atoms. The second-order valence-corrected chi connectivity index (χ2v) is 10.8. The van der Waals surface area contributed by atoms with E-state index >= 15 is 0 Å². The summed E-state index contributed by atoms with van der Waals surface area (Å²) < 4.78 is 28.4. The van der Waals surface area contributed by atoms with E-state index in [0.717, 1.165) is 21.8 Å². The Morgan fingerprint density at radius 2 is 1.85 bits per heavy atom. The molecule has 2 aromatic heterocycles. The zero-order chi connectivity index (χ0) is 24.7. The molecule has 1 atom stereocenters. The highest BCUT2D eigenvalue weighted by Gasteiger charge is 2.25. The number of benzene rings is 1. The molecule has 0 radical (unpaired) electrons. The van der Waals surface area contributed by atoms with Crippen molar-refractivity contribution < 1.29 is 23.1 Å². The van der Waals surface area contributed by atoms with Crippen molar-refractivity contribution in [2.24, 2.45) is 11.5 Å². The van der Waals surface area contributed by atoms with Crippen molar-refractivity contribution in [3.05, 3.63) is 58.1 Å². The predicted octanol–water partition coefficient (Wildman–Crippen LogP) is 2.03. The number of rotatable bonds is 12. The fraction of sp³-hybridized carbons (Fsp3) is 0.238. The second-order valence-electron chi connectivity index (χ2n) is 7.26. The maximum absolute atomic E-state index is 13.0. The predicted molar refractivity (Wildman–Crippen MR) is 133 cm³/mol. The summed E-state index contributed by atoms with van der Waals surface area (Å²) >= 11 is 2.50. The Morgan fingerprint density at radius 3 is 2.53 bits per heavy atom. The summed E-state index contributed by atoms with van der Waals surface area (Å²) in [5.74, 6) is -1.88. The number of nitrogens with two attached hydrogens (primary N) is 2. The minimum atomic E-state index is -3.99. The molecular weight excluding hydrogens is 498 g/mol. The van der Waals surface area contributed by atoms with E-state index in [1.54, 1.807) is 17.5 Å². The van der Waals surface area contributed by atoms with E-state index in [1.165, 1.54) is 23.5 Å². The number of carbonyl (C=O) groups is 2. The number of carboxylic acid groups (broad SMARTS) is 1. The van der Waals surface area contributed by atoms with Crippen LogP contribution >= 0.6 is 22.7 Å². The van der Waals surface area contributed by atoms with Crippen LogP contribution in [0.1, 0.15) is 22.5 Å². The van der Waals surface area contributed by atoms with Gasteiger partial charge in [0.2, 0.25) is 0 Å². The van der Waals surface area contributed by atoms with Gasteiger partial charge in [0.1, 0.15) is 17.2 Å². The van der Waals surface area contributed by atoms with Crippen LogP contribution in [0, 0.1) is 0 Å². The highest BCUT2D eigenvalue weighted by atomic mass is 32.2. The van der Waals surface area contributed by atoms with E-state index < -0.39 is 34.2 Å². The molecule has 34 heavy (non-hydrogen) atoms. The van der Waals surface area contributed by atoms with Gasteiger partial charge in [-0.15, -0.1) is 22.7 Å². The van der Waals surface area contributed by atoms with Crippen LogP contribution in [0.25, 0.3) is 10.4 Å². The second kappa shape index (κ2) is 11.6. The van der Waals surface area contributed by atoms with Crippen molar-refractivity contribution >= 4 is 50.3 Å². The van der Waals surface area contributed by atoms with Crippen LogP contribution < -0.4 is 26.8 Å². The highest BCUT2D eigenvalue weighted by Crippen LogP contribution is 2.29. The van der Waals surface area contributed by atoms with Gasteiger partial charge in [0.15, 0.2) is 0 Å². The van der Waals surface area contributed by atoms with Crippen LogP contribution in [0.4, 0.5) is 5.69 Å². The van der Waals surface area contributed by atoms with Crippen LogP contribution in [0.15, 0.2) is 58.1 Å². The van der Waals surface area contributed by atoms with Gasteiger partial charge in [-0.1, -0.05) is 18.2 Å². The summed E-state index contributed by atoms with van der Waals surface area (Å²) in [6, 6.07) is 10.6. The Morgan fingerprint density at radius 1 is 1.06 bits per heavy atom. The Hall–Kier alpha value is -2.81. The van der Waals surface area contributed by atoms with Gasteiger partial charge in [0, 0.05) is 4.88 Å². The molecule has 3 aromatic rings. The third-order valence-corrected chi connectivity index (χ3v) is 7.91. The number of sulfonamides is 1. The summed E-state index contributed by atoms with van der Waals surface area (Å²) in [4.78, 5) is 25.4. The van der Waals surface area contributed by atoms with Gasteiger partial charge in [0.05, 0.1) is 10.6 Å². The van der Waals surface area contributed by atoms with Crippen LogP contribution in [-0.2, 0) is 14.8 Å². The Bertz CT molecular complexity index is 1230. The summed E-state index contributed by atoms with van der Waals surface area (Å²) in [7, 11) is -3.99. The van der Waals surface area contributed by atoms with Gasteiger partial charge in [-0.3, -0.25) is 14.8 Å². The smallest absolute Gasteiger partial charge is 0.326 e. The molecule has 0 aliphatic heterocycles. The average molecular weight is 524 g/mol. The first-order valence-electron chi connectivity index (χ1n) is 10.2. The summed E-state index contributed by atoms with van der Waals surface area (Å²) in [5, 5.41) is 18.1. The number of anilines is 1. The SMILES string of the molecule is NC(N)NCCC[C@H](NC(=O)c1sccc1NS(=O)(=O)c1cccc(-c2cccs2)c1)C(=O)O.